The number of rotatable bonds is 6. The Morgan fingerprint density at radius 1 is 1.38 bits per heavy atom. The molecule has 0 saturated carbocycles. The van der Waals surface area contributed by atoms with E-state index in [9.17, 15) is 5.11 Å². The summed E-state index contributed by atoms with van der Waals surface area (Å²) in [5, 5.41) is 14.2. The van der Waals surface area contributed by atoms with Crippen molar-refractivity contribution in [3.63, 3.8) is 0 Å². The Balaban J connectivity index is 2.62. The van der Waals surface area contributed by atoms with Crippen molar-refractivity contribution in [2.75, 3.05) is 0 Å². The Bertz CT molecular complexity index is 309. The summed E-state index contributed by atoms with van der Waals surface area (Å²) in [6.45, 7) is 9.32. The molecule has 0 aliphatic rings. The molecule has 4 heteroatoms. The third-order valence-electron chi connectivity index (χ3n) is 2.93. The number of nitrogens with zero attached hydrogens (tertiary/aromatic N) is 3. The van der Waals surface area contributed by atoms with Gasteiger partial charge >= 0.3 is 0 Å². The van der Waals surface area contributed by atoms with Crippen LogP contribution >= 0.6 is 0 Å². The zero-order valence-corrected chi connectivity index (χ0v) is 10.7. The molecule has 1 rings (SSSR count). The van der Waals surface area contributed by atoms with Crippen LogP contribution in [0.25, 0.3) is 0 Å². The van der Waals surface area contributed by atoms with Gasteiger partial charge in [-0.05, 0) is 11.8 Å². The SMILES string of the molecule is CCC(C)C(O)Cc1ncnn1CC(C)C. The van der Waals surface area contributed by atoms with E-state index in [4.69, 9.17) is 0 Å². The quantitative estimate of drug-likeness (QED) is 0.804. The van der Waals surface area contributed by atoms with Crippen molar-refractivity contribution < 1.29 is 5.11 Å². The summed E-state index contributed by atoms with van der Waals surface area (Å²) in [4.78, 5) is 4.22. The second kappa shape index (κ2) is 5.99. The lowest BCUT2D eigenvalue weighted by atomic mass is 9.99. The number of hydrogen-bond acceptors (Lipinski definition) is 3. The van der Waals surface area contributed by atoms with Crippen LogP contribution in [0.15, 0.2) is 6.33 Å². The summed E-state index contributed by atoms with van der Waals surface area (Å²) in [6, 6.07) is 0. The minimum atomic E-state index is -0.319. The van der Waals surface area contributed by atoms with Crippen molar-refractivity contribution in [3.05, 3.63) is 12.2 Å². The summed E-state index contributed by atoms with van der Waals surface area (Å²) in [5.74, 6) is 1.74. The molecule has 1 N–H and O–H groups in total. The maximum absolute atomic E-state index is 9.97. The monoisotopic (exact) mass is 225 g/mol. The molecule has 0 saturated heterocycles. The summed E-state index contributed by atoms with van der Waals surface area (Å²) < 4.78 is 1.90. The summed E-state index contributed by atoms with van der Waals surface area (Å²) in [7, 11) is 0. The van der Waals surface area contributed by atoms with Gasteiger partial charge in [-0.15, -0.1) is 0 Å². The van der Waals surface area contributed by atoms with E-state index in [1.807, 2.05) is 4.68 Å². The molecule has 0 aromatic carbocycles. The molecule has 0 spiro atoms. The Morgan fingerprint density at radius 3 is 2.62 bits per heavy atom. The van der Waals surface area contributed by atoms with Crippen LogP contribution < -0.4 is 0 Å². The fourth-order valence-electron chi connectivity index (χ4n) is 1.60. The summed E-state index contributed by atoms with van der Waals surface area (Å²) in [5.41, 5.74) is 0. The summed E-state index contributed by atoms with van der Waals surface area (Å²) in [6.07, 6.45) is 2.84. The van der Waals surface area contributed by atoms with Crippen molar-refractivity contribution in [1.29, 1.82) is 0 Å². The van der Waals surface area contributed by atoms with Gasteiger partial charge in [0.05, 0.1) is 6.10 Å². The van der Waals surface area contributed by atoms with Gasteiger partial charge < -0.3 is 5.11 Å². The first kappa shape index (κ1) is 13.2. The maximum Gasteiger partial charge on any atom is 0.138 e. The smallest absolute Gasteiger partial charge is 0.138 e. The molecule has 92 valence electrons. The van der Waals surface area contributed by atoms with Crippen LogP contribution in [0.1, 0.15) is 39.9 Å². The third kappa shape index (κ3) is 3.59. The fourth-order valence-corrected chi connectivity index (χ4v) is 1.60. The molecule has 16 heavy (non-hydrogen) atoms. The number of aromatic nitrogens is 3. The highest BCUT2D eigenvalue weighted by Crippen LogP contribution is 2.12. The Hall–Kier alpha value is -0.900. The highest BCUT2D eigenvalue weighted by Gasteiger charge is 2.16. The standard InChI is InChI=1S/C12H23N3O/c1-5-10(4)11(16)6-12-13-8-14-15(12)7-9(2)3/h8-11,16H,5-7H2,1-4H3. The Morgan fingerprint density at radius 2 is 2.06 bits per heavy atom. The van der Waals surface area contributed by atoms with Crippen molar-refractivity contribution in [2.24, 2.45) is 11.8 Å². The van der Waals surface area contributed by atoms with E-state index in [-0.39, 0.29) is 6.10 Å². The fraction of sp³-hybridized carbons (Fsp3) is 0.833. The number of aliphatic hydroxyl groups excluding tert-OH is 1. The highest BCUT2D eigenvalue weighted by molar-refractivity contribution is 4.88. The van der Waals surface area contributed by atoms with Gasteiger partial charge in [0.1, 0.15) is 12.2 Å². The predicted molar refractivity (Wildman–Crippen MR) is 64.0 cm³/mol. The van der Waals surface area contributed by atoms with Crippen LogP contribution in [0, 0.1) is 11.8 Å². The molecule has 2 atom stereocenters. The predicted octanol–water partition coefficient (Wildman–Crippen LogP) is 1.88. The molecule has 1 heterocycles. The van der Waals surface area contributed by atoms with Gasteiger partial charge in [-0.1, -0.05) is 34.1 Å². The highest BCUT2D eigenvalue weighted by atomic mass is 16.3. The first-order valence-corrected chi connectivity index (χ1v) is 6.09. The van der Waals surface area contributed by atoms with Crippen LogP contribution in [0.5, 0.6) is 0 Å². The molecule has 0 aliphatic carbocycles. The van der Waals surface area contributed by atoms with E-state index in [2.05, 4.69) is 37.8 Å². The van der Waals surface area contributed by atoms with Crippen LogP contribution in [0.2, 0.25) is 0 Å². The van der Waals surface area contributed by atoms with Gasteiger partial charge in [0.15, 0.2) is 0 Å². The molecule has 0 amide bonds. The summed E-state index contributed by atoms with van der Waals surface area (Å²) >= 11 is 0. The van der Waals surface area contributed by atoms with Crippen LogP contribution in [0.4, 0.5) is 0 Å². The van der Waals surface area contributed by atoms with E-state index in [1.165, 1.54) is 0 Å². The molecular formula is C12H23N3O. The maximum atomic E-state index is 9.97. The minimum absolute atomic E-state index is 0.309. The van der Waals surface area contributed by atoms with Gasteiger partial charge in [0.25, 0.3) is 0 Å². The van der Waals surface area contributed by atoms with Gasteiger partial charge in [0.2, 0.25) is 0 Å². The molecule has 0 aliphatic heterocycles. The number of aliphatic hydroxyl groups is 1. The minimum Gasteiger partial charge on any atom is -0.392 e. The van der Waals surface area contributed by atoms with Crippen molar-refractivity contribution in [1.82, 2.24) is 14.8 Å². The molecule has 1 aromatic heterocycles. The lowest BCUT2D eigenvalue weighted by Gasteiger charge is -2.17. The van der Waals surface area contributed by atoms with Crippen LogP contribution in [0.3, 0.4) is 0 Å². The second-order valence-corrected chi connectivity index (χ2v) is 4.91. The first-order chi connectivity index (χ1) is 7.54. The van der Waals surface area contributed by atoms with E-state index < -0.39 is 0 Å². The lowest BCUT2D eigenvalue weighted by Crippen LogP contribution is -2.23. The van der Waals surface area contributed by atoms with Crippen LogP contribution in [-0.4, -0.2) is 26.0 Å². The molecular weight excluding hydrogens is 202 g/mol. The second-order valence-electron chi connectivity index (χ2n) is 4.91. The van der Waals surface area contributed by atoms with Crippen molar-refractivity contribution in [2.45, 2.75) is 53.2 Å². The van der Waals surface area contributed by atoms with E-state index in [0.29, 0.717) is 18.3 Å². The van der Waals surface area contributed by atoms with E-state index >= 15 is 0 Å². The zero-order chi connectivity index (χ0) is 12.1. The molecule has 2 unspecified atom stereocenters. The van der Waals surface area contributed by atoms with Crippen LogP contribution in [-0.2, 0) is 13.0 Å². The topological polar surface area (TPSA) is 50.9 Å². The van der Waals surface area contributed by atoms with E-state index in [1.54, 1.807) is 6.33 Å². The Kier molecular flexibility index (Phi) is 4.93. The normalized spacial score (nSPS) is 15.4. The van der Waals surface area contributed by atoms with E-state index in [0.717, 1.165) is 18.8 Å². The zero-order valence-electron chi connectivity index (χ0n) is 10.7. The van der Waals surface area contributed by atoms with Gasteiger partial charge in [-0.25, -0.2) is 9.67 Å². The van der Waals surface area contributed by atoms with Gasteiger partial charge in [0, 0.05) is 13.0 Å². The average molecular weight is 225 g/mol. The molecule has 0 bridgehead atoms. The average Bonchev–Trinajstić information content (AvgIpc) is 2.63. The number of hydrogen-bond donors (Lipinski definition) is 1. The largest absolute Gasteiger partial charge is 0.392 e. The third-order valence-corrected chi connectivity index (χ3v) is 2.93. The molecule has 4 nitrogen and oxygen atoms in total. The van der Waals surface area contributed by atoms with Crippen molar-refractivity contribution in [3.8, 4) is 0 Å². The van der Waals surface area contributed by atoms with Crippen molar-refractivity contribution >= 4 is 0 Å². The lowest BCUT2D eigenvalue weighted by molar-refractivity contribution is 0.111. The van der Waals surface area contributed by atoms with Gasteiger partial charge in [-0.3, -0.25) is 0 Å². The molecule has 1 aromatic rings. The Labute approximate surface area is 97.7 Å². The molecule has 0 radical (unpaired) electrons. The molecule has 0 fully saturated rings. The first-order valence-electron chi connectivity index (χ1n) is 6.09. The van der Waals surface area contributed by atoms with Gasteiger partial charge in [-0.2, -0.15) is 5.10 Å².